The highest BCUT2D eigenvalue weighted by atomic mass is 16.2. The number of likely N-dealkylation sites (tertiary alicyclic amines) is 1. The predicted molar refractivity (Wildman–Crippen MR) is 92.7 cm³/mol. The smallest absolute Gasteiger partial charge is 0.318 e. The van der Waals surface area contributed by atoms with Crippen LogP contribution in [0.4, 0.5) is 10.6 Å². The molecule has 128 valence electrons. The average Bonchev–Trinajstić information content (AvgIpc) is 3.14. The van der Waals surface area contributed by atoms with Gasteiger partial charge in [-0.1, -0.05) is 6.07 Å². The van der Waals surface area contributed by atoms with Gasteiger partial charge in [0.15, 0.2) is 0 Å². The number of rotatable bonds is 4. The summed E-state index contributed by atoms with van der Waals surface area (Å²) in [7, 11) is 3.90. The number of urea groups is 1. The second-order valence-electron chi connectivity index (χ2n) is 6.28. The molecule has 0 radical (unpaired) electrons. The fourth-order valence-corrected chi connectivity index (χ4v) is 3.21. The largest absolute Gasteiger partial charge is 0.362 e. The monoisotopic (exact) mass is 328 g/mol. The van der Waals surface area contributed by atoms with Gasteiger partial charge < -0.3 is 15.1 Å². The number of anilines is 1. The van der Waals surface area contributed by atoms with Crippen molar-refractivity contribution in [2.24, 2.45) is 0 Å². The summed E-state index contributed by atoms with van der Waals surface area (Å²) in [6.45, 7) is 1.24. The van der Waals surface area contributed by atoms with E-state index in [0.29, 0.717) is 6.54 Å². The summed E-state index contributed by atoms with van der Waals surface area (Å²) in [4.78, 5) is 21.0. The van der Waals surface area contributed by atoms with Gasteiger partial charge in [0.1, 0.15) is 5.82 Å². The maximum atomic E-state index is 12.7. The Morgan fingerprint density at radius 2 is 2.33 bits per heavy atom. The first kappa shape index (κ1) is 16.3. The van der Waals surface area contributed by atoms with E-state index < -0.39 is 0 Å². The fourth-order valence-electron chi connectivity index (χ4n) is 3.21. The molecule has 2 aromatic rings. The third kappa shape index (κ3) is 3.50. The zero-order chi connectivity index (χ0) is 16.9. The van der Waals surface area contributed by atoms with E-state index in [4.69, 9.17) is 0 Å². The second kappa shape index (κ2) is 7.33. The Morgan fingerprint density at radius 3 is 3.08 bits per heavy atom. The Balaban J connectivity index is 1.68. The van der Waals surface area contributed by atoms with Gasteiger partial charge in [0.25, 0.3) is 0 Å². The third-order valence-corrected chi connectivity index (χ3v) is 4.39. The van der Waals surface area contributed by atoms with Crippen LogP contribution in [-0.4, -0.2) is 46.8 Å². The van der Waals surface area contributed by atoms with Gasteiger partial charge in [-0.3, -0.25) is 5.10 Å². The first-order valence-corrected chi connectivity index (χ1v) is 8.31. The molecule has 2 aromatic heterocycles. The van der Waals surface area contributed by atoms with Gasteiger partial charge in [-0.15, -0.1) is 0 Å². The number of piperidine rings is 1. The summed E-state index contributed by atoms with van der Waals surface area (Å²) >= 11 is 0. The van der Waals surface area contributed by atoms with E-state index in [2.05, 4.69) is 20.5 Å². The molecular weight excluding hydrogens is 304 g/mol. The predicted octanol–water partition coefficient (Wildman–Crippen LogP) is 2.31. The summed E-state index contributed by atoms with van der Waals surface area (Å²) in [6.07, 6.45) is 8.59. The number of nitrogens with one attached hydrogen (secondary N) is 2. The molecular formula is C17H24N6O. The molecule has 0 aliphatic carbocycles. The average molecular weight is 328 g/mol. The van der Waals surface area contributed by atoms with Gasteiger partial charge in [-0.2, -0.15) is 5.10 Å². The minimum atomic E-state index is -0.0329. The molecule has 1 unspecified atom stereocenters. The van der Waals surface area contributed by atoms with E-state index in [9.17, 15) is 4.79 Å². The van der Waals surface area contributed by atoms with Crippen molar-refractivity contribution in [2.75, 3.05) is 25.5 Å². The van der Waals surface area contributed by atoms with Gasteiger partial charge in [0, 0.05) is 50.7 Å². The first-order chi connectivity index (χ1) is 11.7. The summed E-state index contributed by atoms with van der Waals surface area (Å²) in [5.41, 5.74) is 2.08. The molecule has 1 fully saturated rings. The molecule has 3 heterocycles. The van der Waals surface area contributed by atoms with Crippen LogP contribution in [0.25, 0.3) is 0 Å². The van der Waals surface area contributed by atoms with Gasteiger partial charge in [-0.25, -0.2) is 9.78 Å². The molecule has 1 aliphatic rings. The second-order valence-corrected chi connectivity index (χ2v) is 6.28. The van der Waals surface area contributed by atoms with E-state index in [-0.39, 0.29) is 12.1 Å². The lowest BCUT2D eigenvalue weighted by molar-refractivity contribution is 0.151. The minimum absolute atomic E-state index is 0.0329. The Bertz CT molecular complexity index is 669. The van der Waals surface area contributed by atoms with Gasteiger partial charge in [0.2, 0.25) is 0 Å². The van der Waals surface area contributed by atoms with Gasteiger partial charge in [0.05, 0.1) is 12.2 Å². The Kier molecular flexibility index (Phi) is 4.98. The molecule has 2 N–H and O–H groups in total. The lowest BCUT2D eigenvalue weighted by atomic mass is 9.98. The molecule has 0 aromatic carbocycles. The van der Waals surface area contributed by atoms with E-state index >= 15 is 0 Å². The molecule has 7 heteroatoms. The van der Waals surface area contributed by atoms with Crippen molar-refractivity contribution < 1.29 is 4.79 Å². The highest BCUT2D eigenvalue weighted by Crippen LogP contribution is 2.30. The Morgan fingerprint density at radius 1 is 1.46 bits per heavy atom. The van der Waals surface area contributed by atoms with Crippen molar-refractivity contribution in [3.63, 3.8) is 0 Å². The van der Waals surface area contributed by atoms with Crippen molar-refractivity contribution in [3.8, 4) is 0 Å². The van der Waals surface area contributed by atoms with Crippen LogP contribution >= 0.6 is 0 Å². The molecule has 3 rings (SSSR count). The molecule has 1 atom stereocenters. The van der Waals surface area contributed by atoms with Gasteiger partial charge in [-0.05, 0) is 25.3 Å². The van der Waals surface area contributed by atoms with Crippen LogP contribution in [0.2, 0.25) is 0 Å². The van der Waals surface area contributed by atoms with Crippen molar-refractivity contribution in [2.45, 2.75) is 31.8 Å². The summed E-state index contributed by atoms with van der Waals surface area (Å²) < 4.78 is 0. The molecule has 2 amide bonds. The number of carbonyl (C=O) groups excluding carboxylic acids is 1. The normalized spacial score (nSPS) is 17.6. The van der Waals surface area contributed by atoms with Crippen molar-refractivity contribution in [1.29, 1.82) is 0 Å². The lowest BCUT2D eigenvalue weighted by Crippen LogP contribution is -2.44. The SMILES string of the molecule is CN(C)c1ncccc1CNC(=O)N1CCCCC1c1cn[nH]c1. The highest BCUT2D eigenvalue weighted by Gasteiger charge is 2.28. The van der Waals surface area contributed by atoms with Crippen LogP contribution in [-0.2, 0) is 6.54 Å². The van der Waals surface area contributed by atoms with E-state index in [0.717, 1.165) is 42.8 Å². The highest BCUT2D eigenvalue weighted by molar-refractivity contribution is 5.75. The van der Waals surface area contributed by atoms with E-state index in [1.807, 2.05) is 48.4 Å². The number of aromatic nitrogens is 3. The van der Waals surface area contributed by atoms with Crippen LogP contribution in [0.3, 0.4) is 0 Å². The number of carbonyl (C=O) groups is 1. The number of pyridine rings is 1. The number of nitrogens with zero attached hydrogens (tertiary/aromatic N) is 4. The Labute approximate surface area is 142 Å². The number of H-pyrrole nitrogens is 1. The number of aromatic amines is 1. The van der Waals surface area contributed by atoms with Gasteiger partial charge >= 0.3 is 6.03 Å². The zero-order valence-electron chi connectivity index (χ0n) is 14.2. The molecule has 0 saturated carbocycles. The minimum Gasteiger partial charge on any atom is -0.362 e. The maximum Gasteiger partial charge on any atom is 0.318 e. The zero-order valence-corrected chi connectivity index (χ0v) is 14.2. The van der Waals surface area contributed by atoms with Crippen molar-refractivity contribution >= 4 is 11.8 Å². The topological polar surface area (TPSA) is 77.2 Å². The Hall–Kier alpha value is -2.57. The standard InChI is InChI=1S/C17H24N6O/c1-22(2)16-13(6-5-8-18-16)10-19-17(24)23-9-4-3-7-15(23)14-11-20-21-12-14/h5-6,8,11-12,15H,3-4,7,9-10H2,1-2H3,(H,19,24)(H,20,21). The molecule has 24 heavy (non-hydrogen) atoms. The van der Waals surface area contributed by atoms with Crippen LogP contribution in [0.15, 0.2) is 30.7 Å². The molecule has 0 spiro atoms. The first-order valence-electron chi connectivity index (χ1n) is 8.31. The van der Waals surface area contributed by atoms with Crippen LogP contribution in [0, 0.1) is 0 Å². The molecule has 0 bridgehead atoms. The van der Waals surface area contributed by atoms with Crippen molar-refractivity contribution in [1.82, 2.24) is 25.4 Å². The third-order valence-electron chi connectivity index (χ3n) is 4.39. The van der Waals surface area contributed by atoms with E-state index in [1.54, 1.807) is 6.20 Å². The van der Waals surface area contributed by atoms with Crippen LogP contribution < -0.4 is 10.2 Å². The van der Waals surface area contributed by atoms with Crippen LogP contribution in [0.5, 0.6) is 0 Å². The molecule has 1 saturated heterocycles. The number of hydrogen-bond donors (Lipinski definition) is 2. The molecule has 1 aliphatic heterocycles. The quantitative estimate of drug-likeness (QED) is 0.903. The number of hydrogen-bond acceptors (Lipinski definition) is 4. The summed E-state index contributed by atoms with van der Waals surface area (Å²) in [6, 6.07) is 3.95. The summed E-state index contributed by atoms with van der Waals surface area (Å²) in [5.74, 6) is 0.878. The maximum absolute atomic E-state index is 12.7. The summed E-state index contributed by atoms with van der Waals surface area (Å²) in [5, 5.41) is 9.91. The molecule has 7 nitrogen and oxygen atoms in total. The van der Waals surface area contributed by atoms with E-state index in [1.165, 1.54) is 0 Å². The number of amides is 2. The van der Waals surface area contributed by atoms with Crippen LogP contribution in [0.1, 0.15) is 36.4 Å². The fraction of sp³-hybridized carbons (Fsp3) is 0.471. The van der Waals surface area contributed by atoms with Crippen molar-refractivity contribution in [3.05, 3.63) is 41.9 Å². The lowest BCUT2D eigenvalue weighted by Gasteiger charge is -2.35.